The van der Waals surface area contributed by atoms with E-state index in [4.69, 9.17) is 9.47 Å². The van der Waals surface area contributed by atoms with Crippen LogP contribution in [0.2, 0.25) is 0 Å². The third kappa shape index (κ3) is 9.98. The van der Waals surface area contributed by atoms with Crippen LogP contribution in [0.25, 0.3) is 0 Å². The second-order valence-corrected chi connectivity index (χ2v) is 7.43. The minimum Gasteiger partial charge on any atom is -0.493 e. The number of ether oxygens (including phenoxy) is 3. The van der Waals surface area contributed by atoms with E-state index in [1.165, 1.54) is 43.5 Å². The molecule has 1 aromatic rings. The summed E-state index contributed by atoms with van der Waals surface area (Å²) < 4.78 is 16.6. The number of aryl methyl sites for hydroxylation is 1. The molecule has 0 aliphatic heterocycles. The molecule has 0 heterocycles. The molecule has 0 spiro atoms. The fourth-order valence-electron chi connectivity index (χ4n) is 2.86. The van der Waals surface area contributed by atoms with Crippen molar-refractivity contribution in [1.82, 2.24) is 0 Å². The minimum absolute atomic E-state index is 0.219. The van der Waals surface area contributed by atoms with E-state index in [1.807, 2.05) is 12.1 Å². The Bertz CT molecular complexity index is 574. The van der Waals surface area contributed by atoms with Gasteiger partial charge in [0.15, 0.2) is 0 Å². The summed E-state index contributed by atoms with van der Waals surface area (Å²) in [7, 11) is 2.79. The second kappa shape index (κ2) is 14.7. The summed E-state index contributed by atoms with van der Waals surface area (Å²) in [4.78, 5) is 22.8. The summed E-state index contributed by atoms with van der Waals surface area (Å²) in [5.74, 6) is 0.349. The number of methoxy groups -OCH3 is 2. The summed E-state index contributed by atoms with van der Waals surface area (Å²) in [6.07, 6.45) is 7.72. The van der Waals surface area contributed by atoms with Crippen LogP contribution in [0.3, 0.4) is 0 Å². The van der Waals surface area contributed by atoms with Crippen LogP contribution in [0.5, 0.6) is 5.75 Å². The van der Waals surface area contributed by atoms with Crippen molar-refractivity contribution in [3.63, 3.8) is 0 Å². The first-order chi connectivity index (χ1) is 13.1. The van der Waals surface area contributed by atoms with Gasteiger partial charge in [-0.2, -0.15) is 0 Å². The molecule has 1 rings (SSSR count). The van der Waals surface area contributed by atoms with Gasteiger partial charge in [0.2, 0.25) is 0 Å². The number of rotatable bonds is 14. The van der Waals surface area contributed by atoms with Crippen molar-refractivity contribution in [3.05, 3.63) is 29.3 Å². The SMILES string of the molecule is COC(=O)CCCOc1cccc(CCCCCCI)c1CCC(=O)OC. The second-order valence-electron chi connectivity index (χ2n) is 6.35. The van der Waals surface area contributed by atoms with Crippen LogP contribution in [0.15, 0.2) is 18.2 Å². The molecule has 0 saturated carbocycles. The largest absolute Gasteiger partial charge is 0.493 e. The Morgan fingerprint density at radius 1 is 0.889 bits per heavy atom. The predicted octanol–water partition coefficient (Wildman–Crippen LogP) is 4.66. The lowest BCUT2D eigenvalue weighted by Crippen LogP contribution is -2.08. The van der Waals surface area contributed by atoms with E-state index in [1.54, 1.807) is 0 Å². The number of halogens is 1. The van der Waals surface area contributed by atoms with E-state index in [2.05, 4.69) is 33.4 Å². The monoisotopic (exact) mass is 490 g/mol. The predicted molar refractivity (Wildman–Crippen MR) is 115 cm³/mol. The third-order valence-corrected chi connectivity index (χ3v) is 5.14. The summed E-state index contributed by atoms with van der Waals surface area (Å²) >= 11 is 2.41. The van der Waals surface area contributed by atoms with E-state index in [0.717, 1.165) is 24.2 Å². The first-order valence-corrected chi connectivity index (χ1v) is 11.1. The van der Waals surface area contributed by atoms with Crippen molar-refractivity contribution in [2.75, 3.05) is 25.3 Å². The fourth-order valence-corrected chi connectivity index (χ4v) is 3.40. The van der Waals surface area contributed by atoms with Crippen LogP contribution in [0.1, 0.15) is 56.1 Å². The molecule has 27 heavy (non-hydrogen) atoms. The smallest absolute Gasteiger partial charge is 0.305 e. The number of carbonyl (C=O) groups excluding carboxylic acids is 2. The third-order valence-electron chi connectivity index (χ3n) is 4.38. The number of carbonyl (C=O) groups is 2. The van der Waals surface area contributed by atoms with E-state index < -0.39 is 0 Å². The first kappa shape index (κ1) is 23.7. The van der Waals surface area contributed by atoms with Gasteiger partial charge in [0.25, 0.3) is 0 Å². The quantitative estimate of drug-likeness (QED) is 0.164. The van der Waals surface area contributed by atoms with Gasteiger partial charge in [-0.3, -0.25) is 9.59 Å². The Hall–Kier alpha value is -1.31. The molecule has 0 saturated heterocycles. The van der Waals surface area contributed by atoms with Crippen molar-refractivity contribution >= 4 is 34.5 Å². The van der Waals surface area contributed by atoms with Crippen molar-refractivity contribution in [3.8, 4) is 5.75 Å². The van der Waals surface area contributed by atoms with Gasteiger partial charge in [0.05, 0.1) is 20.8 Å². The molecule has 0 unspecified atom stereocenters. The van der Waals surface area contributed by atoms with Crippen molar-refractivity contribution in [1.29, 1.82) is 0 Å². The van der Waals surface area contributed by atoms with Gasteiger partial charge in [-0.15, -0.1) is 0 Å². The Morgan fingerprint density at radius 3 is 2.30 bits per heavy atom. The molecule has 0 aliphatic rings. The highest BCUT2D eigenvalue weighted by atomic mass is 127. The van der Waals surface area contributed by atoms with Gasteiger partial charge >= 0.3 is 11.9 Å². The van der Waals surface area contributed by atoms with Crippen molar-refractivity contribution in [2.45, 2.75) is 57.8 Å². The van der Waals surface area contributed by atoms with E-state index in [-0.39, 0.29) is 11.9 Å². The number of unbranched alkanes of at least 4 members (excludes halogenated alkanes) is 3. The molecule has 0 bridgehead atoms. The van der Waals surface area contributed by atoms with Gasteiger partial charge < -0.3 is 14.2 Å². The molecule has 6 heteroatoms. The molecule has 0 radical (unpaired) electrons. The number of esters is 2. The first-order valence-electron chi connectivity index (χ1n) is 9.55. The zero-order valence-electron chi connectivity index (χ0n) is 16.4. The van der Waals surface area contributed by atoms with Crippen LogP contribution in [0, 0.1) is 0 Å². The Labute approximate surface area is 176 Å². The molecule has 0 N–H and O–H groups in total. The number of hydrogen-bond donors (Lipinski definition) is 0. The summed E-state index contributed by atoms with van der Waals surface area (Å²) in [6, 6.07) is 6.05. The van der Waals surface area contributed by atoms with Crippen LogP contribution in [0.4, 0.5) is 0 Å². The summed E-state index contributed by atoms with van der Waals surface area (Å²) in [5.41, 5.74) is 2.31. The maximum Gasteiger partial charge on any atom is 0.305 e. The lowest BCUT2D eigenvalue weighted by atomic mass is 9.97. The highest BCUT2D eigenvalue weighted by Crippen LogP contribution is 2.26. The average Bonchev–Trinajstić information content (AvgIpc) is 2.69. The average molecular weight is 490 g/mol. The van der Waals surface area contributed by atoms with E-state index in [0.29, 0.717) is 32.3 Å². The van der Waals surface area contributed by atoms with Crippen LogP contribution < -0.4 is 4.74 Å². The molecule has 1 aromatic carbocycles. The van der Waals surface area contributed by atoms with Gasteiger partial charge in [-0.1, -0.05) is 47.6 Å². The lowest BCUT2D eigenvalue weighted by Gasteiger charge is -2.16. The van der Waals surface area contributed by atoms with E-state index in [9.17, 15) is 9.59 Å². The number of hydrogen-bond acceptors (Lipinski definition) is 5. The number of alkyl halides is 1. The maximum atomic E-state index is 11.6. The molecule has 0 aliphatic carbocycles. The van der Waals surface area contributed by atoms with Crippen LogP contribution >= 0.6 is 22.6 Å². The zero-order valence-corrected chi connectivity index (χ0v) is 18.6. The molecule has 0 amide bonds. The molecular weight excluding hydrogens is 459 g/mol. The van der Waals surface area contributed by atoms with Crippen molar-refractivity contribution < 1.29 is 23.8 Å². The number of benzene rings is 1. The van der Waals surface area contributed by atoms with Crippen LogP contribution in [-0.2, 0) is 31.9 Å². The van der Waals surface area contributed by atoms with E-state index >= 15 is 0 Å². The topological polar surface area (TPSA) is 61.8 Å². The van der Waals surface area contributed by atoms with Gasteiger partial charge in [-0.05, 0) is 53.7 Å². The standard InChI is InChI=1S/C21H31IO5/c1-25-20(23)12-8-16-27-19-11-7-10-17(9-5-3-4-6-15-22)18(19)13-14-21(24)26-2/h7,10-11H,3-6,8-9,12-16H2,1-2H3. The summed E-state index contributed by atoms with van der Waals surface area (Å²) in [5, 5.41) is 0. The molecule has 152 valence electrons. The van der Waals surface area contributed by atoms with Crippen LogP contribution in [-0.4, -0.2) is 37.2 Å². The molecule has 5 nitrogen and oxygen atoms in total. The molecule has 0 atom stereocenters. The minimum atomic E-state index is -0.232. The molecule has 0 fully saturated rings. The van der Waals surface area contributed by atoms with Gasteiger partial charge in [0.1, 0.15) is 5.75 Å². The normalized spacial score (nSPS) is 10.5. The highest BCUT2D eigenvalue weighted by Gasteiger charge is 2.12. The molecular formula is C21H31IO5. The summed E-state index contributed by atoms with van der Waals surface area (Å²) in [6.45, 7) is 0.444. The molecule has 0 aromatic heterocycles. The Balaban J connectivity index is 2.72. The maximum absolute atomic E-state index is 11.6. The fraction of sp³-hybridized carbons (Fsp3) is 0.619. The highest BCUT2D eigenvalue weighted by molar-refractivity contribution is 14.1. The van der Waals surface area contributed by atoms with Crippen molar-refractivity contribution in [2.24, 2.45) is 0 Å². The Kier molecular flexibility index (Phi) is 12.9. The Morgan fingerprint density at radius 2 is 1.59 bits per heavy atom. The lowest BCUT2D eigenvalue weighted by molar-refractivity contribution is -0.141. The van der Waals surface area contributed by atoms with Gasteiger partial charge in [0, 0.05) is 12.8 Å². The van der Waals surface area contributed by atoms with Gasteiger partial charge in [-0.25, -0.2) is 0 Å². The zero-order chi connectivity index (χ0) is 19.9.